The molecule has 2 atom stereocenters. The number of aromatic nitrogens is 1. The molecule has 0 fully saturated rings. The molecule has 0 aliphatic rings. The molecule has 0 saturated carbocycles. The number of hydrogen-bond donors (Lipinski definition) is 4. The highest BCUT2D eigenvalue weighted by Crippen LogP contribution is 2.34. The molecule has 1 heterocycles. The van der Waals surface area contributed by atoms with Gasteiger partial charge in [0.25, 0.3) is 11.8 Å². The molecule has 4 N–H and O–H groups in total. The van der Waals surface area contributed by atoms with Crippen molar-refractivity contribution in [2.45, 2.75) is 18.6 Å². The number of H-pyrrole nitrogens is 1. The third kappa shape index (κ3) is 6.82. The summed E-state index contributed by atoms with van der Waals surface area (Å²) in [5.41, 5.74) is 0.396. The van der Waals surface area contributed by atoms with E-state index in [4.69, 9.17) is 4.74 Å². The molecule has 3 aromatic rings. The highest BCUT2D eigenvalue weighted by molar-refractivity contribution is 5.92. The van der Waals surface area contributed by atoms with Crippen LogP contribution >= 0.6 is 0 Å². The highest BCUT2D eigenvalue weighted by atomic mass is 19.4. The maximum absolute atomic E-state index is 13.1. The maximum Gasteiger partial charge on any atom is 0.418 e. The van der Waals surface area contributed by atoms with Gasteiger partial charge in [-0.25, -0.2) is 4.79 Å². The minimum atomic E-state index is -4.61. The Labute approximate surface area is 199 Å². The zero-order chi connectivity index (χ0) is 25.6. The van der Waals surface area contributed by atoms with Crippen molar-refractivity contribution >= 4 is 34.4 Å². The van der Waals surface area contributed by atoms with Gasteiger partial charge in [-0.15, -0.1) is 0 Å². The molecule has 11 heteroatoms. The number of hydrogen-bond acceptors (Lipinski definition) is 4. The largest absolute Gasteiger partial charge is 0.467 e. The van der Waals surface area contributed by atoms with E-state index < -0.39 is 35.6 Å². The number of para-hydroxylation sites is 2. The van der Waals surface area contributed by atoms with Crippen LogP contribution in [0.5, 0.6) is 0 Å². The number of methoxy groups -OCH3 is 1. The summed E-state index contributed by atoms with van der Waals surface area (Å²) in [6.07, 6.45) is -2.67. The average Bonchev–Trinajstić information content (AvgIpc) is 3.20. The summed E-state index contributed by atoms with van der Waals surface area (Å²) in [6.45, 7) is -0.444. The zero-order valence-corrected chi connectivity index (χ0v) is 19.2. The number of carbonyl (C=O) groups excluding carboxylic acids is 3. The van der Waals surface area contributed by atoms with Gasteiger partial charge in [-0.1, -0.05) is 30.3 Å². The van der Waals surface area contributed by atoms with E-state index >= 15 is 0 Å². The van der Waals surface area contributed by atoms with E-state index in [1.807, 2.05) is 24.3 Å². The molecule has 3 rings (SSSR count). The first-order chi connectivity index (χ1) is 16.6. The molecular formula is C24H26F3N4O4+. The van der Waals surface area contributed by atoms with Crippen molar-refractivity contribution in [3.63, 3.8) is 0 Å². The molecule has 2 aromatic carbocycles. The predicted molar refractivity (Wildman–Crippen MR) is 123 cm³/mol. The zero-order valence-electron chi connectivity index (χ0n) is 19.2. The number of benzene rings is 2. The molecule has 0 spiro atoms. The number of rotatable bonds is 9. The first kappa shape index (κ1) is 25.8. The number of esters is 1. The van der Waals surface area contributed by atoms with Crippen LogP contribution in [0.25, 0.3) is 10.9 Å². The van der Waals surface area contributed by atoms with Crippen LogP contribution in [0, 0.1) is 0 Å². The Balaban J connectivity index is 1.58. The number of likely N-dealkylation sites (N-methyl/N-ethyl adjacent to an activating group) is 1. The van der Waals surface area contributed by atoms with Crippen molar-refractivity contribution < 1.29 is 37.2 Å². The second kappa shape index (κ2) is 11.0. The van der Waals surface area contributed by atoms with Crippen LogP contribution < -0.4 is 15.5 Å². The van der Waals surface area contributed by atoms with Gasteiger partial charge in [-0.05, 0) is 23.8 Å². The summed E-state index contributed by atoms with van der Waals surface area (Å²) >= 11 is 0. The van der Waals surface area contributed by atoms with E-state index in [-0.39, 0.29) is 25.2 Å². The molecule has 0 bridgehead atoms. The van der Waals surface area contributed by atoms with Crippen LogP contribution in [-0.4, -0.2) is 56.1 Å². The summed E-state index contributed by atoms with van der Waals surface area (Å²) in [4.78, 5) is 40.7. The molecule has 0 saturated heterocycles. The number of amides is 2. The fourth-order valence-electron chi connectivity index (χ4n) is 3.75. The van der Waals surface area contributed by atoms with Crippen molar-refractivity contribution in [2.24, 2.45) is 0 Å². The van der Waals surface area contributed by atoms with Crippen molar-refractivity contribution in [3.05, 3.63) is 65.9 Å². The van der Waals surface area contributed by atoms with E-state index in [9.17, 15) is 27.6 Å². The fraction of sp³-hybridized carbons (Fsp3) is 0.292. The number of alkyl halides is 3. The summed E-state index contributed by atoms with van der Waals surface area (Å²) in [5.74, 6) is -1.82. The third-order valence-corrected chi connectivity index (χ3v) is 5.35. The molecular weight excluding hydrogens is 465 g/mol. The first-order valence-corrected chi connectivity index (χ1v) is 10.8. The first-order valence-electron chi connectivity index (χ1n) is 10.8. The van der Waals surface area contributed by atoms with Gasteiger partial charge in [0.1, 0.15) is 6.04 Å². The summed E-state index contributed by atoms with van der Waals surface area (Å²) in [7, 11) is 2.76. The Kier molecular flexibility index (Phi) is 8.13. The number of quaternary nitrogens is 1. The van der Waals surface area contributed by atoms with Crippen molar-refractivity contribution in [2.75, 3.05) is 32.6 Å². The van der Waals surface area contributed by atoms with E-state index in [1.165, 1.54) is 19.2 Å². The number of halogens is 3. The monoisotopic (exact) mass is 491 g/mol. The minimum Gasteiger partial charge on any atom is -0.467 e. The van der Waals surface area contributed by atoms with Gasteiger partial charge in [0.2, 0.25) is 0 Å². The van der Waals surface area contributed by atoms with Crippen LogP contribution in [0.15, 0.2) is 54.7 Å². The second-order valence-corrected chi connectivity index (χ2v) is 8.11. The van der Waals surface area contributed by atoms with E-state index in [2.05, 4.69) is 15.6 Å². The number of aromatic amines is 1. The van der Waals surface area contributed by atoms with Gasteiger partial charge in [0.05, 0.1) is 25.4 Å². The van der Waals surface area contributed by atoms with Crippen molar-refractivity contribution in [1.29, 1.82) is 0 Å². The Morgan fingerprint density at radius 3 is 2.40 bits per heavy atom. The summed E-state index contributed by atoms with van der Waals surface area (Å²) < 4.78 is 44.2. The van der Waals surface area contributed by atoms with Gasteiger partial charge in [0, 0.05) is 23.5 Å². The summed E-state index contributed by atoms with van der Waals surface area (Å²) in [5, 5.41) is 5.78. The highest BCUT2D eigenvalue weighted by Gasteiger charge is 2.33. The smallest absolute Gasteiger partial charge is 0.418 e. The average molecular weight is 491 g/mol. The lowest BCUT2D eigenvalue weighted by molar-refractivity contribution is -0.862. The van der Waals surface area contributed by atoms with Gasteiger partial charge in [-0.3, -0.25) is 9.59 Å². The van der Waals surface area contributed by atoms with Crippen molar-refractivity contribution in [3.8, 4) is 0 Å². The lowest BCUT2D eigenvalue weighted by Crippen LogP contribution is -3.11. The summed E-state index contributed by atoms with van der Waals surface area (Å²) in [6, 6.07) is 11.2. The number of carbonyl (C=O) groups is 3. The molecule has 1 aromatic heterocycles. The fourth-order valence-corrected chi connectivity index (χ4v) is 3.75. The lowest BCUT2D eigenvalue weighted by Gasteiger charge is -2.19. The Bertz CT molecular complexity index is 1210. The molecule has 8 nitrogen and oxygen atoms in total. The maximum atomic E-state index is 13.1. The van der Waals surface area contributed by atoms with E-state index in [0.29, 0.717) is 4.90 Å². The van der Waals surface area contributed by atoms with Gasteiger partial charge >= 0.3 is 12.1 Å². The molecule has 2 unspecified atom stereocenters. The van der Waals surface area contributed by atoms with Gasteiger partial charge < -0.3 is 25.3 Å². The quantitative estimate of drug-likeness (QED) is 0.341. The topological polar surface area (TPSA) is 105 Å². The van der Waals surface area contributed by atoms with Gasteiger partial charge in [0.15, 0.2) is 13.1 Å². The lowest BCUT2D eigenvalue weighted by atomic mass is 10.0. The third-order valence-electron chi connectivity index (χ3n) is 5.35. The van der Waals surface area contributed by atoms with Crippen LogP contribution in [0.4, 0.5) is 18.9 Å². The Morgan fingerprint density at radius 1 is 1.03 bits per heavy atom. The van der Waals surface area contributed by atoms with E-state index in [1.54, 1.807) is 13.2 Å². The van der Waals surface area contributed by atoms with Crippen LogP contribution in [0.3, 0.4) is 0 Å². The molecule has 35 heavy (non-hydrogen) atoms. The van der Waals surface area contributed by atoms with Crippen LogP contribution in [-0.2, 0) is 31.7 Å². The molecule has 186 valence electrons. The minimum absolute atomic E-state index is 0.185. The second-order valence-electron chi connectivity index (χ2n) is 8.11. The van der Waals surface area contributed by atoms with Crippen LogP contribution in [0.1, 0.15) is 11.1 Å². The Morgan fingerprint density at radius 2 is 1.69 bits per heavy atom. The predicted octanol–water partition coefficient (Wildman–Crippen LogP) is 1.54. The number of ether oxygens (including phenoxy) is 1. The number of nitrogens with one attached hydrogen (secondary N) is 4. The van der Waals surface area contributed by atoms with Gasteiger partial charge in [-0.2, -0.15) is 13.2 Å². The number of fused-ring (bicyclic) bond motifs is 1. The molecule has 0 aliphatic heterocycles. The Hall–Kier alpha value is -3.86. The van der Waals surface area contributed by atoms with E-state index in [0.717, 1.165) is 28.6 Å². The molecule has 2 amide bonds. The normalized spacial score (nSPS) is 13.2. The molecule has 0 radical (unpaired) electrons. The molecule has 0 aliphatic carbocycles. The number of anilines is 1. The SMILES string of the molecule is COC(=O)C(Cc1c[nH]c2ccccc12)NC(=O)C[NH+](C)CC(=O)Nc1ccccc1C(F)(F)F. The van der Waals surface area contributed by atoms with Crippen molar-refractivity contribution in [1.82, 2.24) is 10.3 Å². The standard InChI is InChI=1S/C24H25F3N4O4/c1-31(13-21(32)29-19-10-6-4-8-17(19)24(25,26)27)14-22(33)30-20(23(34)35-2)11-15-12-28-18-9-5-3-7-16(15)18/h3-10,12,20,28H,11,13-14H2,1-2H3,(H,29,32)(H,30,33)/p+1. The van der Waals surface area contributed by atoms with Crippen LogP contribution in [0.2, 0.25) is 0 Å².